The minimum atomic E-state index is 1.22. The molecule has 1 heterocycles. The maximum atomic E-state index is 2.34. The van der Waals surface area contributed by atoms with E-state index in [4.69, 9.17) is 0 Å². The Morgan fingerprint density at radius 3 is 1.93 bits per heavy atom. The molecule has 0 amide bonds. The number of fused-ring (bicyclic) bond motifs is 3. The predicted octanol–water partition coefficient (Wildman–Crippen LogP) is 2.94. The number of rotatable bonds is 0. The van der Waals surface area contributed by atoms with Gasteiger partial charge in [-0.3, -0.25) is 0 Å². The van der Waals surface area contributed by atoms with E-state index in [-0.39, 0.29) is 0 Å². The zero-order valence-corrected chi connectivity index (χ0v) is 8.59. The number of allylic oxidation sites excluding steroid dienone is 2. The lowest BCUT2D eigenvalue weighted by molar-refractivity contribution is 0.872. The molecule has 0 aromatic carbocycles. The molecule has 1 heteroatoms. The van der Waals surface area contributed by atoms with Gasteiger partial charge in [-0.1, -0.05) is 12.2 Å². The molecule has 14 heavy (non-hydrogen) atoms. The summed E-state index contributed by atoms with van der Waals surface area (Å²) in [6.45, 7) is 0. The van der Waals surface area contributed by atoms with E-state index < -0.39 is 0 Å². The van der Waals surface area contributed by atoms with E-state index in [1.807, 2.05) is 0 Å². The van der Waals surface area contributed by atoms with Gasteiger partial charge in [0.1, 0.15) is 0 Å². The first-order chi connectivity index (χ1) is 6.88. The highest BCUT2D eigenvalue weighted by atomic mass is 15.0. The Balaban J connectivity index is 2.29. The fourth-order valence-corrected chi connectivity index (χ4v) is 2.67. The second-order valence-corrected chi connectivity index (χ2v) is 4.17. The van der Waals surface area contributed by atoms with E-state index in [2.05, 4.69) is 35.9 Å². The molecular formula is C13H15N. The fraction of sp³-hybridized carbons (Fsp3) is 0.385. The minimum Gasteiger partial charge on any atom is -0.344 e. The topological polar surface area (TPSA) is 4.93 Å². The Bertz CT molecular complexity index is 393. The first-order valence-corrected chi connectivity index (χ1v) is 5.41. The first-order valence-electron chi connectivity index (χ1n) is 5.41. The molecule has 2 aliphatic carbocycles. The normalized spacial score (nSPS) is 18.1. The Kier molecular flexibility index (Phi) is 1.66. The van der Waals surface area contributed by atoms with Gasteiger partial charge in [0.25, 0.3) is 0 Å². The number of nitrogens with zero attached hydrogens (tertiary/aromatic N) is 1. The van der Waals surface area contributed by atoms with Crippen molar-refractivity contribution in [3.8, 4) is 0 Å². The molecule has 1 aromatic heterocycles. The van der Waals surface area contributed by atoms with Crippen LogP contribution in [0.2, 0.25) is 0 Å². The van der Waals surface area contributed by atoms with Crippen LogP contribution in [-0.4, -0.2) is 4.57 Å². The zero-order chi connectivity index (χ0) is 9.54. The van der Waals surface area contributed by atoms with Gasteiger partial charge >= 0.3 is 0 Å². The fourth-order valence-electron chi connectivity index (χ4n) is 2.67. The van der Waals surface area contributed by atoms with Crippen molar-refractivity contribution in [3.05, 3.63) is 34.7 Å². The van der Waals surface area contributed by atoms with Crippen molar-refractivity contribution in [1.29, 1.82) is 0 Å². The molecule has 0 N–H and O–H groups in total. The Morgan fingerprint density at radius 1 is 0.929 bits per heavy atom. The third-order valence-corrected chi connectivity index (χ3v) is 3.38. The van der Waals surface area contributed by atoms with E-state index in [1.54, 1.807) is 11.1 Å². The molecule has 0 fully saturated rings. The van der Waals surface area contributed by atoms with Crippen LogP contribution < -0.4 is 0 Å². The van der Waals surface area contributed by atoms with Gasteiger partial charge in [-0.05, 0) is 49.0 Å². The van der Waals surface area contributed by atoms with Crippen molar-refractivity contribution in [1.82, 2.24) is 4.57 Å². The van der Waals surface area contributed by atoms with Crippen molar-refractivity contribution in [3.63, 3.8) is 0 Å². The Morgan fingerprint density at radius 2 is 1.43 bits per heavy atom. The summed E-state index contributed by atoms with van der Waals surface area (Å²) >= 11 is 0. The molecule has 0 saturated carbocycles. The lowest BCUT2D eigenvalue weighted by atomic mass is 9.94. The summed E-state index contributed by atoms with van der Waals surface area (Å²) < 4.78 is 2.34. The summed E-state index contributed by atoms with van der Waals surface area (Å²) in [5, 5.41) is 0. The van der Waals surface area contributed by atoms with Crippen LogP contribution >= 0.6 is 0 Å². The van der Waals surface area contributed by atoms with Crippen LogP contribution in [0.25, 0.3) is 12.2 Å². The Hall–Kier alpha value is -1.24. The van der Waals surface area contributed by atoms with E-state index in [0.717, 1.165) is 0 Å². The predicted molar refractivity (Wildman–Crippen MR) is 60.1 cm³/mol. The average Bonchev–Trinajstić information content (AvgIpc) is 2.55. The monoisotopic (exact) mass is 185 g/mol. The quantitative estimate of drug-likeness (QED) is 0.585. The molecule has 2 aliphatic rings. The van der Waals surface area contributed by atoms with E-state index >= 15 is 0 Å². The van der Waals surface area contributed by atoms with E-state index in [9.17, 15) is 0 Å². The van der Waals surface area contributed by atoms with Crippen molar-refractivity contribution in [2.24, 2.45) is 7.05 Å². The van der Waals surface area contributed by atoms with Gasteiger partial charge < -0.3 is 4.57 Å². The van der Waals surface area contributed by atoms with Crippen molar-refractivity contribution < 1.29 is 0 Å². The number of hydrogen-bond acceptors (Lipinski definition) is 0. The smallest absolute Gasteiger partial charge is 0.0441 e. The summed E-state index contributed by atoms with van der Waals surface area (Å²) in [7, 11) is 2.18. The lowest BCUT2D eigenvalue weighted by Crippen LogP contribution is -1.97. The van der Waals surface area contributed by atoms with Crippen LogP contribution in [0.4, 0.5) is 0 Å². The SMILES string of the molecule is Cn1c2c(c3c1C=CCC3)CCC=C2. The second-order valence-electron chi connectivity index (χ2n) is 4.17. The molecular weight excluding hydrogens is 170 g/mol. The minimum absolute atomic E-state index is 1.22. The largest absolute Gasteiger partial charge is 0.344 e. The molecule has 0 unspecified atom stereocenters. The molecule has 1 nitrogen and oxygen atoms in total. The van der Waals surface area contributed by atoms with Crippen LogP contribution in [-0.2, 0) is 19.9 Å². The summed E-state index contributed by atoms with van der Waals surface area (Å²) in [4.78, 5) is 0. The first kappa shape index (κ1) is 8.10. The second kappa shape index (κ2) is 2.88. The number of aromatic nitrogens is 1. The van der Waals surface area contributed by atoms with Gasteiger partial charge in [0, 0.05) is 18.4 Å². The van der Waals surface area contributed by atoms with Gasteiger partial charge in [-0.25, -0.2) is 0 Å². The van der Waals surface area contributed by atoms with Crippen LogP contribution in [0.1, 0.15) is 35.4 Å². The van der Waals surface area contributed by atoms with Gasteiger partial charge in [0.15, 0.2) is 0 Å². The molecule has 0 aliphatic heterocycles. The average molecular weight is 185 g/mol. The Labute approximate surface area is 84.7 Å². The molecule has 72 valence electrons. The van der Waals surface area contributed by atoms with Gasteiger partial charge in [0.2, 0.25) is 0 Å². The van der Waals surface area contributed by atoms with Gasteiger partial charge in [-0.2, -0.15) is 0 Å². The molecule has 0 saturated heterocycles. The van der Waals surface area contributed by atoms with Crippen LogP contribution in [0.5, 0.6) is 0 Å². The third-order valence-electron chi connectivity index (χ3n) is 3.38. The zero-order valence-electron chi connectivity index (χ0n) is 8.59. The standard InChI is InChI=1S/C13H15N/c1-14-12-8-4-2-6-10(12)11-7-3-5-9-13(11)14/h4-5,8-9H,2-3,6-7H2,1H3. The molecule has 3 rings (SSSR count). The van der Waals surface area contributed by atoms with Crippen molar-refractivity contribution in [2.75, 3.05) is 0 Å². The summed E-state index contributed by atoms with van der Waals surface area (Å²) in [5.41, 5.74) is 6.09. The van der Waals surface area contributed by atoms with Crippen LogP contribution in [0.3, 0.4) is 0 Å². The molecule has 0 radical (unpaired) electrons. The summed E-state index contributed by atoms with van der Waals surface area (Å²) in [6.07, 6.45) is 14.1. The summed E-state index contributed by atoms with van der Waals surface area (Å²) in [5.74, 6) is 0. The highest BCUT2D eigenvalue weighted by Crippen LogP contribution is 2.32. The van der Waals surface area contributed by atoms with Crippen molar-refractivity contribution in [2.45, 2.75) is 25.7 Å². The van der Waals surface area contributed by atoms with E-state index in [0.29, 0.717) is 0 Å². The summed E-state index contributed by atoms with van der Waals surface area (Å²) in [6, 6.07) is 0. The highest BCUT2D eigenvalue weighted by Gasteiger charge is 2.20. The lowest BCUT2D eigenvalue weighted by Gasteiger charge is -2.09. The van der Waals surface area contributed by atoms with E-state index in [1.165, 1.54) is 37.1 Å². The van der Waals surface area contributed by atoms with Gasteiger partial charge in [-0.15, -0.1) is 0 Å². The third kappa shape index (κ3) is 0.955. The highest BCUT2D eigenvalue weighted by molar-refractivity contribution is 5.65. The molecule has 0 spiro atoms. The van der Waals surface area contributed by atoms with Crippen molar-refractivity contribution >= 4 is 12.2 Å². The van der Waals surface area contributed by atoms with Crippen LogP contribution in [0, 0.1) is 0 Å². The maximum absolute atomic E-state index is 2.34. The molecule has 0 bridgehead atoms. The van der Waals surface area contributed by atoms with Gasteiger partial charge in [0.05, 0.1) is 0 Å². The number of hydrogen-bond donors (Lipinski definition) is 0. The molecule has 1 aromatic rings. The molecule has 0 atom stereocenters. The van der Waals surface area contributed by atoms with Crippen LogP contribution in [0.15, 0.2) is 12.2 Å². The maximum Gasteiger partial charge on any atom is 0.0441 e.